The van der Waals surface area contributed by atoms with Crippen molar-refractivity contribution in [3.05, 3.63) is 99.0 Å². The molecule has 0 saturated carbocycles. The van der Waals surface area contributed by atoms with Gasteiger partial charge in [-0.25, -0.2) is 4.79 Å². The van der Waals surface area contributed by atoms with Gasteiger partial charge in [-0.1, -0.05) is 55.3 Å². The van der Waals surface area contributed by atoms with Gasteiger partial charge in [0.05, 0.1) is 20.8 Å². The molecule has 0 radical (unpaired) electrons. The Hall–Kier alpha value is -3.87. The normalized spacial score (nSPS) is 14.1. The van der Waals surface area contributed by atoms with Gasteiger partial charge >= 0.3 is 5.97 Å². The number of hydrogen-bond acceptors (Lipinski definition) is 5. The number of fused-ring (bicyclic) bond motifs is 1. The number of aryl methyl sites for hydroxylation is 1. The second-order valence-electron chi connectivity index (χ2n) is 9.02. The first-order valence-corrected chi connectivity index (χ1v) is 12.3. The summed E-state index contributed by atoms with van der Waals surface area (Å²) in [5.74, 6) is -0.448. The number of amides is 1. The predicted molar refractivity (Wildman–Crippen MR) is 137 cm³/mol. The summed E-state index contributed by atoms with van der Waals surface area (Å²) >= 11 is 0. The van der Waals surface area contributed by atoms with E-state index in [9.17, 15) is 14.4 Å². The number of carbonyl (C=O) groups excluding carboxylic acids is 2. The summed E-state index contributed by atoms with van der Waals surface area (Å²) in [5.41, 5.74) is 3.20. The quantitative estimate of drug-likeness (QED) is 0.504. The van der Waals surface area contributed by atoms with Crippen LogP contribution in [0.5, 0.6) is 5.75 Å². The van der Waals surface area contributed by atoms with Crippen molar-refractivity contribution >= 4 is 11.9 Å². The van der Waals surface area contributed by atoms with Gasteiger partial charge in [0.1, 0.15) is 11.3 Å². The number of ether oxygens (including phenoxy) is 2. The van der Waals surface area contributed by atoms with E-state index >= 15 is 0 Å². The number of benzene rings is 2. The minimum atomic E-state index is -1.01. The van der Waals surface area contributed by atoms with Crippen LogP contribution in [0.2, 0.25) is 0 Å². The first-order valence-electron chi connectivity index (χ1n) is 12.3. The molecule has 0 aliphatic heterocycles. The summed E-state index contributed by atoms with van der Waals surface area (Å²) in [6.07, 6.45) is 5.84. The summed E-state index contributed by atoms with van der Waals surface area (Å²) in [7, 11) is 2.89. The maximum absolute atomic E-state index is 13.7. The number of esters is 1. The van der Waals surface area contributed by atoms with Crippen LogP contribution in [-0.4, -0.2) is 30.7 Å². The SMILES string of the molecule is COC(=O)[C@H](NC(=O)c1cc2c(n(Cc3ccc(OC)cc3)c1=O)CCCCCC2)c1ccccc1. The molecule has 0 fully saturated rings. The number of nitrogens with zero attached hydrogens (tertiary/aromatic N) is 1. The molecule has 0 unspecified atom stereocenters. The zero-order valence-corrected chi connectivity index (χ0v) is 20.8. The van der Waals surface area contributed by atoms with Crippen LogP contribution in [0.15, 0.2) is 65.5 Å². The summed E-state index contributed by atoms with van der Waals surface area (Å²) in [5, 5.41) is 2.74. The molecule has 3 aromatic rings. The summed E-state index contributed by atoms with van der Waals surface area (Å²) in [6, 6.07) is 17.2. The molecule has 36 heavy (non-hydrogen) atoms. The molecule has 1 aliphatic rings. The maximum atomic E-state index is 13.7. The molecule has 7 heteroatoms. The van der Waals surface area contributed by atoms with Crippen molar-refractivity contribution in [1.29, 1.82) is 0 Å². The van der Waals surface area contributed by atoms with Crippen LogP contribution >= 0.6 is 0 Å². The molecule has 1 atom stereocenters. The highest BCUT2D eigenvalue weighted by atomic mass is 16.5. The van der Waals surface area contributed by atoms with E-state index in [4.69, 9.17) is 9.47 Å². The number of hydrogen-bond donors (Lipinski definition) is 1. The van der Waals surface area contributed by atoms with Gasteiger partial charge in [-0.05, 0) is 60.6 Å². The highest BCUT2D eigenvalue weighted by Crippen LogP contribution is 2.22. The summed E-state index contributed by atoms with van der Waals surface area (Å²) in [6.45, 7) is 0.353. The molecular formula is C29H32N2O5. The fourth-order valence-corrected chi connectivity index (χ4v) is 4.73. The van der Waals surface area contributed by atoms with Crippen molar-refractivity contribution in [2.24, 2.45) is 0 Å². The number of methoxy groups -OCH3 is 2. The highest BCUT2D eigenvalue weighted by molar-refractivity contribution is 5.97. The monoisotopic (exact) mass is 488 g/mol. The smallest absolute Gasteiger partial charge is 0.333 e. The fraction of sp³-hybridized carbons (Fsp3) is 0.345. The highest BCUT2D eigenvalue weighted by Gasteiger charge is 2.27. The fourth-order valence-electron chi connectivity index (χ4n) is 4.73. The van der Waals surface area contributed by atoms with Gasteiger partial charge in [-0.15, -0.1) is 0 Å². The zero-order chi connectivity index (χ0) is 25.5. The molecule has 2 aromatic carbocycles. The summed E-state index contributed by atoms with van der Waals surface area (Å²) in [4.78, 5) is 39.7. The van der Waals surface area contributed by atoms with Crippen molar-refractivity contribution in [2.75, 3.05) is 14.2 Å². The number of nitrogens with one attached hydrogen (secondary N) is 1. The molecule has 1 heterocycles. The van der Waals surface area contributed by atoms with Crippen molar-refractivity contribution in [3.8, 4) is 5.75 Å². The average Bonchev–Trinajstić information content (AvgIpc) is 2.90. The third kappa shape index (κ3) is 5.67. The van der Waals surface area contributed by atoms with E-state index in [1.165, 1.54) is 7.11 Å². The molecule has 0 bridgehead atoms. The summed E-state index contributed by atoms with van der Waals surface area (Å²) < 4.78 is 11.9. The van der Waals surface area contributed by atoms with Gasteiger partial charge < -0.3 is 19.4 Å². The number of rotatable bonds is 7. The van der Waals surface area contributed by atoms with Crippen LogP contribution in [0.3, 0.4) is 0 Å². The molecule has 4 rings (SSSR count). The first kappa shape index (κ1) is 25.2. The molecule has 7 nitrogen and oxygen atoms in total. The Kier molecular flexibility index (Phi) is 8.21. The Morgan fingerprint density at radius 1 is 0.944 bits per heavy atom. The lowest BCUT2D eigenvalue weighted by atomic mass is 9.95. The first-order chi connectivity index (χ1) is 17.5. The topological polar surface area (TPSA) is 86.6 Å². The van der Waals surface area contributed by atoms with Crippen LogP contribution in [0.25, 0.3) is 0 Å². The molecule has 1 N–H and O–H groups in total. The van der Waals surface area contributed by atoms with E-state index in [1.807, 2.05) is 30.3 Å². The second-order valence-corrected chi connectivity index (χ2v) is 9.02. The van der Waals surface area contributed by atoms with Gasteiger partial charge in [-0.3, -0.25) is 9.59 Å². The van der Waals surface area contributed by atoms with Gasteiger partial charge in [0.15, 0.2) is 6.04 Å². The molecule has 1 aromatic heterocycles. The Labute approximate surface area is 211 Å². The lowest BCUT2D eigenvalue weighted by molar-refractivity contribution is -0.143. The molecule has 0 saturated heterocycles. The van der Waals surface area contributed by atoms with Crippen LogP contribution in [0.4, 0.5) is 0 Å². The maximum Gasteiger partial charge on any atom is 0.333 e. The van der Waals surface area contributed by atoms with Gasteiger partial charge in [0, 0.05) is 5.69 Å². The molecular weight excluding hydrogens is 456 g/mol. The van der Waals surface area contributed by atoms with Crippen LogP contribution < -0.4 is 15.6 Å². The van der Waals surface area contributed by atoms with E-state index in [2.05, 4.69) is 5.32 Å². The lowest BCUT2D eigenvalue weighted by Gasteiger charge is -2.22. The standard InChI is InChI=1S/C29H32N2O5/c1-35-23-16-14-20(15-17-23)19-31-25-13-9-4-3-6-12-22(25)18-24(28(31)33)27(32)30-26(29(34)36-2)21-10-7-5-8-11-21/h5,7-8,10-11,14-18,26H,3-4,6,9,12-13,19H2,1-2H3,(H,30,32)/t26-/m1/s1. The number of pyridine rings is 1. The number of aromatic nitrogens is 1. The number of carbonyl (C=O) groups is 2. The van der Waals surface area contributed by atoms with Crippen LogP contribution in [-0.2, 0) is 28.9 Å². The van der Waals surface area contributed by atoms with Crippen molar-refractivity contribution < 1.29 is 19.1 Å². The lowest BCUT2D eigenvalue weighted by Crippen LogP contribution is -2.39. The van der Waals surface area contributed by atoms with Crippen molar-refractivity contribution in [3.63, 3.8) is 0 Å². The van der Waals surface area contributed by atoms with E-state index in [0.29, 0.717) is 12.1 Å². The Morgan fingerprint density at radius 2 is 1.64 bits per heavy atom. The minimum absolute atomic E-state index is 0.0349. The Morgan fingerprint density at radius 3 is 2.31 bits per heavy atom. The Balaban J connectivity index is 1.74. The van der Waals surface area contributed by atoms with Gasteiger partial charge in [0.2, 0.25) is 0 Å². The third-order valence-corrected chi connectivity index (χ3v) is 6.69. The molecule has 188 valence electrons. The van der Waals surface area contributed by atoms with Crippen molar-refractivity contribution in [1.82, 2.24) is 9.88 Å². The van der Waals surface area contributed by atoms with Gasteiger partial charge in [-0.2, -0.15) is 0 Å². The molecule has 1 amide bonds. The van der Waals surface area contributed by atoms with Crippen LogP contribution in [0, 0.1) is 0 Å². The largest absolute Gasteiger partial charge is 0.497 e. The van der Waals surface area contributed by atoms with Crippen LogP contribution in [0.1, 0.15) is 64.5 Å². The Bertz CT molecular complexity index is 1270. The third-order valence-electron chi connectivity index (χ3n) is 6.69. The van der Waals surface area contributed by atoms with Gasteiger partial charge in [0.25, 0.3) is 11.5 Å². The van der Waals surface area contributed by atoms with E-state index in [1.54, 1.807) is 42.0 Å². The minimum Gasteiger partial charge on any atom is -0.497 e. The second kappa shape index (κ2) is 11.7. The average molecular weight is 489 g/mol. The zero-order valence-electron chi connectivity index (χ0n) is 20.8. The molecule has 1 aliphatic carbocycles. The predicted octanol–water partition coefficient (Wildman–Crippen LogP) is 4.21. The molecule has 0 spiro atoms. The van der Waals surface area contributed by atoms with E-state index in [-0.39, 0.29) is 11.1 Å². The van der Waals surface area contributed by atoms with Crippen molar-refractivity contribution in [2.45, 2.75) is 51.1 Å². The van der Waals surface area contributed by atoms with E-state index < -0.39 is 17.9 Å². The van der Waals surface area contributed by atoms with E-state index in [0.717, 1.165) is 61.1 Å².